The third kappa shape index (κ3) is 4.18. The van der Waals surface area contributed by atoms with Crippen molar-refractivity contribution in [3.05, 3.63) is 62.5 Å². The summed E-state index contributed by atoms with van der Waals surface area (Å²) in [6, 6.07) is 13.6. The number of carbonyl (C=O) groups excluding carboxylic acids is 1. The molecule has 0 radical (unpaired) electrons. The predicted octanol–water partition coefficient (Wildman–Crippen LogP) is 4.70. The molecule has 1 amide bonds. The average Bonchev–Trinajstić information content (AvgIpc) is 2.33. The van der Waals surface area contributed by atoms with Crippen LogP contribution in [0.5, 0.6) is 0 Å². The van der Waals surface area contributed by atoms with Gasteiger partial charge in [-0.1, -0.05) is 34.1 Å². The minimum atomic E-state index is -0.0253. The zero-order valence-corrected chi connectivity index (χ0v) is 13.6. The number of benzene rings is 2. The van der Waals surface area contributed by atoms with Gasteiger partial charge < -0.3 is 5.32 Å². The molecule has 0 aliphatic heterocycles. The van der Waals surface area contributed by atoms with Gasteiger partial charge in [0.2, 0.25) is 5.91 Å². The van der Waals surface area contributed by atoms with Crippen LogP contribution < -0.4 is 5.32 Å². The first-order valence-corrected chi connectivity index (χ1v) is 7.43. The summed E-state index contributed by atoms with van der Waals surface area (Å²) in [6.45, 7) is 2.01. The number of amides is 1. The van der Waals surface area contributed by atoms with Crippen molar-refractivity contribution >= 4 is 43.5 Å². The van der Waals surface area contributed by atoms with Gasteiger partial charge in [0.1, 0.15) is 0 Å². The van der Waals surface area contributed by atoms with E-state index in [1.165, 1.54) is 0 Å². The van der Waals surface area contributed by atoms with Crippen LogP contribution in [0.1, 0.15) is 11.1 Å². The van der Waals surface area contributed by atoms with Crippen LogP contribution in [0, 0.1) is 6.92 Å². The number of aryl methyl sites for hydroxylation is 1. The maximum absolute atomic E-state index is 12.0. The van der Waals surface area contributed by atoms with E-state index in [1.54, 1.807) is 0 Å². The number of rotatable bonds is 3. The van der Waals surface area contributed by atoms with E-state index in [0.717, 1.165) is 25.8 Å². The van der Waals surface area contributed by atoms with E-state index in [9.17, 15) is 4.79 Å². The molecule has 2 nitrogen and oxygen atoms in total. The number of anilines is 1. The van der Waals surface area contributed by atoms with Crippen molar-refractivity contribution in [2.24, 2.45) is 0 Å². The molecule has 0 unspecified atom stereocenters. The van der Waals surface area contributed by atoms with Crippen molar-refractivity contribution in [2.45, 2.75) is 13.3 Å². The Morgan fingerprint density at radius 1 is 1.16 bits per heavy atom. The van der Waals surface area contributed by atoms with Crippen LogP contribution in [0.4, 0.5) is 5.69 Å². The van der Waals surface area contributed by atoms with Gasteiger partial charge in [-0.3, -0.25) is 4.79 Å². The number of nitrogens with one attached hydrogen (secondary N) is 1. The SMILES string of the molecule is Cc1ccc(NC(=O)Cc2cccc(Br)c2)c(Br)c1. The Labute approximate surface area is 129 Å². The number of carbonyl (C=O) groups is 1. The van der Waals surface area contributed by atoms with E-state index in [1.807, 2.05) is 49.4 Å². The highest BCUT2D eigenvalue weighted by molar-refractivity contribution is 9.10. The molecule has 0 atom stereocenters. The fourth-order valence-electron chi connectivity index (χ4n) is 1.75. The molecule has 0 heterocycles. The van der Waals surface area contributed by atoms with Crippen LogP contribution in [0.2, 0.25) is 0 Å². The molecule has 2 aromatic rings. The van der Waals surface area contributed by atoms with Crippen molar-refractivity contribution in [2.75, 3.05) is 5.32 Å². The van der Waals surface area contributed by atoms with E-state index in [-0.39, 0.29) is 5.91 Å². The molecule has 0 saturated heterocycles. The van der Waals surface area contributed by atoms with Crippen molar-refractivity contribution < 1.29 is 4.79 Å². The van der Waals surface area contributed by atoms with Gasteiger partial charge in [0.15, 0.2) is 0 Å². The quantitative estimate of drug-likeness (QED) is 0.818. The number of hydrogen-bond donors (Lipinski definition) is 1. The minimum absolute atomic E-state index is 0.0253. The molecular formula is C15H13Br2NO. The van der Waals surface area contributed by atoms with Gasteiger partial charge in [-0.05, 0) is 58.2 Å². The Balaban J connectivity index is 2.05. The van der Waals surface area contributed by atoms with Crippen LogP contribution in [0.15, 0.2) is 51.4 Å². The van der Waals surface area contributed by atoms with Gasteiger partial charge in [-0.2, -0.15) is 0 Å². The summed E-state index contributed by atoms with van der Waals surface area (Å²) < 4.78 is 1.88. The minimum Gasteiger partial charge on any atom is -0.325 e. The van der Waals surface area contributed by atoms with Crippen molar-refractivity contribution in [1.82, 2.24) is 0 Å². The van der Waals surface area contributed by atoms with Gasteiger partial charge in [0, 0.05) is 8.95 Å². The lowest BCUT2D eigenvalue weighted by Crippen LogP contribution is -2.14. The summed E-state index contributed by atoms with van der Waals surface area (Å²) in [4.78, 5) is 12.0. The molecule has 1 N–H and O–H groups in total. The van der Waals surface area contributed by atoms with Crippen molar-refractivity contribution in [1.29, 1.82) is 0 Å². The third-order valence-electron chi connectivity index (χ3n) is 2.65. The van der Waals surface area contributed by atoms with Crippen LogP contribution in [0.25, 0.3) is 0 Å². The molecule has 2 rings (SSSR count). The summed E-state index contributed by atoms with van der Waals surface area (Å²) >= 11 is 6.85. The molecule has 98 valence electrons. The standard InChI is InChI=1S/C15H13Br2NO/c1-10-5-6-14(13(17)7-10)18-15(19)9-11-3-2-4-12(16)8-11/h2-8H,9H2,1H3,(H,18,19). The zero-order valence-electron chi connectivity index (χ0n) is 10.4. The van der Waals surface area contributed by atoms with E-state index >= 15 is 0 Å². The summed E-state index contributed by atoms with van der Waals surface area (Å²) in [5.41, 5.74) is 2.93. The van der Waals surface area contributed by atoms with Gasteiger partial charge in [0.25, 0.3) is 0 Å². The maximum Gasteiger partial charge on any atom is 0.228 e. The molecular weight excluding hydrogens is 370 g/mol. The van der Waals surface area contributed by atoms with Crippen molar-refractivity contribution in [3.8, 4) is 0 Å². The fourth-order valence-corrected chi connectivity index (χ4v) is 2.79. The molecule has 2 aromatic carbocycles. The fraction of sp³-hybridized carbons (Fsp3) is 0.133. The Kier molecular flexibility index (Phi) is 4.77. The van der Waals surface area contributed by atoms with Gasteiger partial charge in [-0.15, -0.1) is 0 Å². The molecule has 0 spiro atoms. The molecule has 4 heteroatoms. The largest absolute Gasteiger partial charge is 0.325 e. The first-order valence-electron chi connectivity index (χ1n) is 5.85. The molecule has 0 bridgehead atoms. The van der Waals surface area contributed by atoms with Crippen LogP contribution >= 0.6 is 31.9 Å². The normalized spacial score (nSPS) is 10.3. The molecule has 0 aliphatic rings. The lowest BCUT2D eigenvalue weighted by atomic mass is 10.1. The number of halogens is 2. The van der Waals surface area contributed by atoms with Gasteiger partial charge >= 0.3 is 0 Å². The molecule has 0 aliphatic carbocycles. The average molecular weight is 383 g/mol. The topological polar surface area (TPSA) is 29.1 Å². The summed E-state index contributed by atoms with van der Waals surface area (Å²) in [5, 5.41) is 2.90. The van der Waals surface area contributed by atoms with Crippen LogP contribution in [-0.4, -0.2) is 5.91 Å². The smallest absolute Gasteiger partial charge is 0.228 e. The van der Waals surface area contributed by atoms with Gasteiger partial charge in [0.05, 0.1) is 12.1 Å². The summed E-state index contributed by atoms with van der Waals surface area (Å²) in [6.07, 6.45) is 0.361. The zero-order chi connectivity index (χ0) is 13.8. The Morgan fingerprint density at radius 3 is 2.63 bits per heavy atom. The molecule has 0 aromatic heterocycles. The van der Waals surface area contributed by atoms with Crippen LogP contribution in [-0.2, 0) is 11.2 Å². The molecule has 19 heavy (non-hydrogen) atoms. The molecule has 0 saturated carbocycles. The lowest BCUT2D eigenvalue weighted by molar-refractivity contribution is -0.115. The second kappa shape index (κ2) is 6.35. The molecule has 0 fully saturated rings. The monoisotopic (exact) mass is 381 g/mol. The van der Waals surface area contributed by atoms with E-state index in [4.69, 9.17) is 0 Å². The summed E-state index contributed by atoms with van der Waals surface area (Å²) in [5.74, 6) is -0.0253. The highest BCUT2D eigenvalue weighted by Crippen LogP contribution is 2.23. The van der Waals surface area contributed by atoms with E-state index in [0.29, 0.717) is 6.42 Å². The highest BCUT2D eigenvalue weighted by Gasteiger charge is 2.07. The highest BCUT2D eigenvalue weighted by atomic mass is 79.9. The number of hydrogen-bond acceptors (Lipinski definition) is 1. The Hall–Kier alpha value is -1.13. The van der Waals surface area contributed by atoms with Crippen molar-refractivity contribution in [3.63, 3.8) is 0 Å². The second-order valence-electron chi connectivity index (χ2n) is 4.34. The Morgan fingerprint density at radius 2 is 1.95 bits per heavy atom. The van der Waals surface area contributed by atoms with E-state index in [2.05, 4.69) is 37.2 Å². The van der Waals surface area contributed by atoms with Gasteiger partial charge in [-0.25, -0.2) is 0 Å². The lowest BCUT2D eigenvalue weighted by Gasteiger charge is -2.08. The maximum atomic E-state index is 12.0. The van der Waals surface area contributed by atoms with E-state index < -0.39 is 0 Å². The third-order valence-corrected chi connectivity index (χ3v) is 3.80. The summed E-state index contributed by atoms with van der Waals surface area (Å²) in [7, 11) is 0. The predicted molar refractivity (Wildman–Crippen MR) is 85.4 cm³/mol. The second-order valence-corrected chi connectivity index (χ2v) is 6.11. The van der Waals surface area contributed by atoms with Crippen LogP contribution in [0.3, 0.4) is 0 Å². The first-order chi connectivity index (χ1) is 9.04. The first kappa shape index (κ1) is 14.3. The Bertz CT molecular complexity index is 611.